The van der Waals surface area contributed by atoms with Gasteiger partial charge >= 0.3 is 0 Å². The van der Waals surface area contributed by atoms with Crippen LogP contribution < -0.4 is 15.5 Å². The number of hydrogen-bond acceptors (Lipinski definition) is 5. The third-order valence-corrected chi connectivity index (χ3v) is 6.60. The summed E-state index contributed by atoms with van der Waals surface area (Å²) in [6.07, 6.45) is 8.32. The molecular formula is C23H41IN6O. The van der Waals surface area contributed by atoms with E-state index in [0.717, 1.165) is 70.7 Å². The highest BCUT2D eigenvalue weighted by atomic mass is 127. The number of nitrogens with one attached hydrogen (secondary N) is 2. The van der Waals surface area contributed by atoms with Gasteiger partial charge in [0.1, 0.15) is 5.82 Å². The number of anilines is 1. The summed E-state index contributed by atoms with van der Waals surface area (Å²) in [5.41, 5.74) is 1.51. The lowest BCUT2D eigenvalue weighted by molar-refractivity contribution is 0.105. The van der Waals surface area contributed by atoms with Crippen molar-refractivity contribution in [1.82, 2.24) is 20.5 Å². The molecule has 1 saturated heterocycles. The first-order chi connectivity index (χ1) is 14.6. The Bertz CT molecular complexity index is 655. The van der Waals surface area contributed by atoms with E-state index >= 15 is 0 Å². The Morgan fingerprint density at radius 1 is 1.16 bits per heavy atom. The second-order valence-electron chi connectivity index (χ2n) is 8.75. The van der Waals surface area contributed by atoms with Crippen molar-refractivity contribution in [2.24, 2.45) is 10.4 Å². The molecule has 0 spiro atoms. The third-order valence-electron chi connectivity index (χ3n) is 6.60. The van der Waals surface area contributed by atoms with Crippen molar-refractivity contribution in [2.45, 2.75) is 45.6 Å². The van der Waals surface area contributed by atoms with Crippen LogP contribution in [0.3, 0.4) is 0 Å². The van der Waals surface area contributed by atoms with E-state index in [-0.39, 0.29) is 24.0 Å². The van der Waals surface area contributed by atoms with E-state index in [2.05, 4.69) is 56.5 Å². The van der Waals surface area contributed by atoms with Crippen molar-refractivity contribution in [1.29, 1.82) is 0 Å². The van der Waals surface area contributed by atoms with Gasteiger partial charge in [0.2, 0.25) is 0 Å². The van der Waals surface area contributed by atoms with Crippen LogP contribution in [0.15, 0.2) is 23.3 Å². The molecule has 1 saturated carbocycles. The van der Waals surface area contributed by atoms with Gasteiger partial charge in [-0.2, -0.15) is 0 Å². The average Bonchev–Trinajstić information content (AvgIpc) is 3.24. The highest BCUT2D eigenvalue weighted by Crippen LogP contribution is 2.40. The van der Waals surface area contributed by atoms with Crippen molar-refractivity contribution in [2.75, 3.05) is 64.9 Å². The van der Waals surface area contributed by atoms with Crippen LogP contribution in [0.25, 0.3) is 0 Å². The topological polar surface area (TPSA) is 65.0 Å². The SMILES string of the molecule is CCOCCC1(CNC(=NC)NCc2ccc(N3CCN(C)CC3)nc2)CCCC1.I. The van der Waals surface area contributed by atoms with Crippen LogP contribution in [0.1, 0.15) is 44.6 Å². The number of hydrogen-bond donors (Lipinski definition) is 2. The number of nitrogens with zero attached hydrogens (tertiary/aromatic N) is 4. The summed E-state index contributed by atoms with van der Waals surface area (Å²) in [7, 11) is 4.01. The summed E-state index contributed by atoms with van der Waals surface area (Å²) in [4.78, 5) is 13.8. The Kier molecular flexibility index (Phi) is 11.3. The highest BCUT2D eigenvalue weighted by molar-refractivity contribution is 14.0. The molecule has 3 rings (SSSR count). The summed E-state index contributed by atoms with van der Waals surface area (Å²) in [6.45, 7) is 9.69. The lowest BCUT2D eigenvalue weighted by atomic mass is 9.83. The molecule has 2 fully saturated rings. The fraction of sp³-hybridized carbons (Fsp3) is 0.739. The van der Waals surface area contributed by atoms with Gasteiger partial charge in [0, 0.05) is 65.7 Å². The van der Waals surface area contributed by atoms with Gasteiger partial charge in [0.15, 0.2) is 5.96 Å². The van der Waals surface area contributed by atoms with Gasteiger partial charge in [0.05, 0.1) is 0 Å². The molecule has 0 amide bonds. The van der Waals surface area contributed by atoms with Gasteiger partial charge in [-0.3, -0.25) is 4.99 Å². The molecule has 1 aliphatic heterocycles. The predicted molar refractivity (Wildman–Crippen MR) is 140 cm³/mol. The van der Waals surface area contributed by atoms with Crippen LogP contribution in [0.2, 0.25) is 0 Å². The molecule has 2 heterocycles. The van der Waals surface area contributed by atoms with Gasteiger partial charge in [-0.25, -0.2) is 4.98 Å². The first-order valence-electron chi connectivity index (χ1n) is 11.5. The minimum atomic E-state index is 0. The predicted octanol–water partition coefficient (Wildman–Crippen LogP) is 3.10. The summed E-state index contributed by atoms with van der Waals surface area (Å²) in [6, 6.07) is 4.31. The monoisotopic (exact) mass is 544 g/mol. The standard InChI is InChI=1S/C23H40N6O.HI/c1-4-30-16-11-23(9-5-6-10-23)19-27-22(24-2)26-18-20-7-8-21(25-17-20)29-14-12-28(3)13-15-29;/h7-8,17H,4-6,9-16,18-19H2,1-3H3,(H2,24,26,27);1H. The van der Waals surface area contributed by atoms with Crippen molar-refractivity contribution in [3.05, 3.63) is 23.9 Å². The van der Waals surface area contributed by atoms with E-state index < -0.39 is 0 Å². The number of guanidine groups is 1. The number of pyridine rings is 1. The van der Waals surface area contributed by atoms with E-state index in [1.807, 2.05) is 13.2 Å². The zero-order chi connectivity index (χ0) is 21.2. The second kappa shape index (κ2) is 13.4. The van der Waals surface area contributed by atoms with Gasteiger partial charge in [0.25, 0.3) is 0 Å². The van der Waals surface area contributed by atoms with Crippen molar-refractivity contribution >= 4 is 35.8 Å². The van der Waals surface area contributed by atoms with Crippen LogP contribution in [-0.4, -0.2) is 75.9 Å². The molecule has 31 heavy (non-hydrogen) atoms. The van der Waals surface area contributed by atoms with E-state index in [4.69, 9.17) is 4.74 Å². The summed E-state index contributed by atoms with van der Waals surface area (Å²) in [5, 5.41) is 7.01. The van der Waals surface area contributed by atoms with Crippen LogP contribution in [0.5, 0.6) is 0 Å². The Balaban J connectivity index is 0.00000341. The molecule has 2 aliphatic rings. The molecule has 176 valence electrons. The van der Waals surface area contributed by atoms with Crippen LogP contribution in [0, 0.1) is 5.41 Å². The van der Waals surface area contributed by atoms with Crippen molar-refractivity contribution in [3.8, 4) is 0 Å². The fourth-order valence-electron chi connectivity index (χ4n) is 4.49. The molecule has 8 heteroatoms. The van der Waals surface area contributed by atoms with Crippen LogP contribution >= 0.6 is 24.0 Å². The lowest BCUT2D eigenvalue weighted by Gasteiger charge is -2.33. The molecule has 2 N–H and O–H groups in total. The summed E-state index contributed by atoms with van der Waals surface area (Å²) >= 11 is 0. The molecule has 7 nitrogen and oxygen atoms in total. The number of aliphatic imine (C=N–C) groups is 1. The molecule has 0 unspecified atom stereocenters. The maximum absolute atomic E-state index is 5.63. The molecule has 0 bridgehead atoms. The lowest BCUT2D eigenvalue weighted by Crippen LogP contribution is -2.44. The molecule has 1 aromatic heterocycles. The quantitative estimate of drug-likeness (QED) is 0.216. The number of halogens is 1. The van der Waals surface area contributed by atoms with E-state index in [1.54, 1.807) is 0 Å². The number of likely N-dealkylation sites (N-methyl/N-ethyl adjacent to an activating group) is 1. The van der Waals surface area contributed by atoms with Gasteiger partial charge in [-0.05, 0) is 50.3 Å². The minimum Gasteiger partial charge on any atom is -0.382 e. The second-order valence-corrected chi connectivity index (χ2v) is 8.75. The Hall–Kier alpha value is -1.13. The number of ether oxygens (including phenoxy) is 1. The van der Waals surface area contributed by atoms with E-state index in [1.165, 1.54) is 31.2 Å². The fourth-order valence-corrected chi connectivity index (χ4v) is 4.49. The zero-order valence-corrected chi connectivity index (χ0v) is 21.9. The van der Waals surface area contributed by atoms with E-state index in [9.17, 15) is 0 Å². The number of piperazine rings is 1. The number of aromatic nitrogens is 1. The Morgan fingerprint density at radius 3 is 2.52 bits per heavy atom. The molecule has 1 aliphatic carbocycles. The highest BCUT2D eigenvalue weighted by Gasteiger charge is 2.33. The first-order valence-corrected chi connectivity index (χ1v) is 11.5. The minimum absolute atomic E-state index is 0. The molecule has 0 radical (unpaired) electrons. The first kappa shape index (κ1) is 26.1. The van der Waals surface area contributed by atoms with Gasteiger partial charge in [-0.1, -0.05) is 18.9 Å². The van der Waals surface area contributed by atoms with Gasteiger partial charge in [-0.15, -0.1) is 24.0 Å². The van der Waals surface area contributed by atoms with Crippen molar-refractivity contribution in [3.63, 3.8) is 0 Å². The van der Waals surface area contributed by atoms with E-state index in [0.29, 0.717) is 5.41 Å². The molecule has 0 aromatic carbocycles. The maximum Gasteiger partial charge on any atom is 0.191 e. The normalized spacial score (nSPS) is 19.2. The smallest absolute Gasteiger partial charge is 0.191 e. The third kappa shape index (κ3) is 8.05. The Morgan fingerprint density at radius 2 is 1.90 bits per heavy atom. The summed E-state index contributed by atoms with van der Waals surface area (Å²) in [5.74, 6) is 1.94. The molecular weight excluding hydrogens is 503 g/mol. The van der Waals surface area contributed by atoms with Crippen LogP contribution in [-0.2, 0) is 11.3 Å². The summed E-state index contributed by atoms with van der Waals surface area (Å²) < 4.78 is 5.63. The molecule has 1 aromatic rings. The average molecular weight is 545 g/mol. The number of rotatable bonds is 9. The zero-order valence-electron chi connectivity index (χ0n) is 19.5. The molecule has 0 atom stereocenters. The van der Waals surface area contributed by atoms with Crippen LogP contribution in [0.4, 0.5) is 5.82 Å². The largest absolute Gasteiger partial charge is 0.382 e. The maximum atomic E-state index is 5.63. The van der Waals surface area contributed by atoms with Crippen molar-refractivity contribution < 1.29 is 4.74 Å². The van der Waals surface area contributed by atoms with Gasteiger partial charge < -0.3 is 25.2 Å². The Labute approximate surface area is 205 Å².